The SMILES string of the molecule is COCCn1cccc1C(=O)NCC(O)c1ccsc1. The highest BCUT2D eigenvalue weighted by Gasteiger charge is 2.13. The molecule has 2 rings (SSSR count). The maximum atomic E-state index is 12.1. The smallest absolute Gasteiger partial charge is 0.268 e. The van der Waals surface area contributed by atoms with Gasteiger partial charge in [-0.05, 0) is 34.5 Å². The average molecular weight is 294 g/mol. The molecule has 0 fully saturated rings. The van der Waals surface area contributed by atoms with Crippen molar-refractivity contribution in [2.75, 3.05) is 20.3 Å². The molecule has 0 bridgehead atoms. The van der Waals surface area contributed by atoms with Gasteiger partial charge in [-0.3, -0.25) is 4.79 Å². The molecule has 0 spiro atoms. The van der Waals surface area contributed by atoms with Crippen LogP contribution in [0.2, 0.25) is 0 Å². The maximum absolute atomic E-state index is 12.1. The number of carbonyl (C=O) groups is 1. The Morgan fingerprint density at radius 1 is 1.55 bits per heavy atom. The second-order valence-electron chi connectivity index (χ2n) is 4.36. The Balaban J connectivity index is 1.90. The van der Waals surface area contributed by atoms with Crippen LogP contribution in [0.3, 0.4) is 0 Å². The first-order valence-corrected chi connectivity index (χ1v) is 7.29. The second-order valence-corrected chi connectivity index (χ2v) is 5.14. The summed E-state index contributed by atoms with van der Waals surface area (Å²) in [5.41, 5.74) is 1.39. The van der Waals surface area contributed by atoms with Gasteiger partial charge in [-0.2, -0.15) is 11.3 Å². The number of carbonyl (C=O) groups excluding carboxylic acids is 1. The zero-order chi connectivity index (χ0) is 14.4. The van der Waals surface area contributed by atoms with Gasteiger partial charge < -0.3 is 19.7 Å². The van der Waals surface area contributed by atoms with E-state index >= 15 is 0 Å². The Bertz CT molecular complexity index is 536. The summed E-state index contributed by atoms with van der Waals surface area (Å²) in [6.45, 7) is 1.37. The summed E-state index contributed by atoms with van der Waals surface area (Å²) in [7, 11) is 1.63. The van der Waals surface area contributed by atoms with Crippen molar-refractivity contribution in [3.8, 4) is 0 Å². The molecule has 6 heteroatoms. The fraction of sp³-hybridized carbons (Fsp3) is 0.357. The summed E-state index contributed by atoms with van der Waals surface area (Å²) >= 11 is 1.52. The number of ether oxygens (including phenoxy) is 1. The van der Waals surface area contributed by atoms with Crippen molar-refractivity contribution in [2.24, 2.45) is 0 Å². The molecule has 108 valence electrons. The van der Waals surface area contributed by atoms with E-state index in [4.69, 9.17) is 4.74 Å². The lowest BCUT2D eigenvalue weighted by molar-refractivity contribution is 0.0904. The molecule has 20 heavy (non-hydrogen) atoms. The van der Waals surface area contributed by atoms with Crippen LogP contribution in [0.15, 0.2) is 35.2 Å². The van der Waals surface area contributed by atoms with Crippen LogP contribution in [-0.4, -0.2) is 35.8 Å². The maximum Gasteiger partial charge on any atom is 0.268 e. The molecule has 0 aliphatic heterocycles. The lowest BCUT2D eigenvalue weighted by Gasteiger charge is -2.12. The second kappa shape index (κ2) is 7.23. The van der Waals surface area contributed by atoms with Gasteiger partial charge in [0.05, 0.1) is 12.7 Å². The fourth-order valence-electron chi connectivity index (χ4n) is 1.87. The van der Waals surface area contributed by atoms with Gasteiger partial charge in [0.1, 0.15) is 5.69 Å². The third-order valence-corrected chi connectivity index (χ3v) is 3.68. The van der Waals surface area contributed by atoms with Crippen LogP contribution in [0.5, 0.6) is 0 Å². The van der Waals surface area contributed by atoms with Crippen LogP contribution >= 0.6 is 11.3 Å². The molecule has 0 aliphatic rings. The minimum Gasteiger partial charge on any atom is -0.387 e. The number of aromatic nitrogens is 1. The molecule has 5 nitrogen and oxygen atoms in total. The molecular formula is C14H18N2O3S. The monoisotopic (exact) mass is 294 g/mol. The Labute approximate surface area is 121 Å². The molecular weight excluding hydrogens is 276 g/mol. The van der Waals surface area contributed by atoms with Crippen LogP contribution in [0.25, 0.3) is 0 Å². The first-order valence-electron chi connectivity index (χ1n) is 6.35. The van der Waals surface area contributed by atoms with E-state index in [1.807, 2.05) is 33.7 Å². The van der Waals surface area contributed by atoms with E-state index in [9.17, 15) is 9.90 Å². The van der Waals surface area contributed by atoms with Crippen LogP contribution in [0, 0.1) is 0 Å². The molecule has 2 N–H and O–H groups in total. The van der Waals surface area contributed by atoms with E-state index in [1.54, 1.807) is 13.2 Å². The highest BCUT2D eigenvalue weighted by Crippen LogP contribution is 2.15. The van der Waals surface area contributed by atoms with E-state index in [-0.39, 0.29) is 12.5 Å². The van der Waals surface area contributed by atoms with Gasteiger partial charge in [0.15, 0.2) is 0 Å². The largest absolute Gasteiger partial charge is 0.387 e. The molecule has 2 heterocycles. The zero-order valence-corrected chi connectivity index (χ0v) is 12.1. The van der Waals surface area contributed by atoms with Crippen LogP contribution in [-0.2, 0) is 11.3 Å². The number of thiophene rings is 1. The molecule has 0 saturated heterocycles. The molecule has 1 atom stereocenters. The normalized spacial score (nSPS) is 12.3. The van der Waals surface area contributed by atoms with E-state index in [1.165, 1.54) is 11.3 Å². The summed E-state index contributed by atoms with van der Waals surface area (Å²) < 4.78 is 6.83. The summed E-state index contributed by atoms with van der Waals surface area (Å²) in [5, 5.41) is 16.4. The van der Waals surface area contributed by atoms with Crippen molar-refractivity contribution in [1.29, 1.82) is 0 Å². The van der Waals surface area contributed by atoms with Crippen LogP contribution in [0.4, 0.5) is 0 Å². The molecule has 0 radical (unpaired) electrons. The highest BCUT2D eigenvalue weighted by atomic mass is 32.1. The molecule has 1 amide bonds. The third kappa shape index (κ3) is 3.69. The quantitative estimate of drug-likeness (QED) is 0.816. The van der Waals surface area contributed by atoms with E-state index < -0.39 is 6.10 Å². The van der Waals surface area contributed by atoms with E-state index in [0.717, 1.165) is 5.56 Å². The van der Waals surface area contributed by atoms with Gasteiger partial charge in [0.2, 0.25) is 0 Å². The molecule has 0 saturated carbocycles. The first-order chi connectivity index (χ1) is 9.72. The number of aliphatic hydroxyl groups is 1. The number of aliphatic hydroxyl groups excluding tert-OH is 1. The van der Waals surface area contributed by atoms with E-state index in [2.05, 4.69) is 5.32 Å². The van der Waals surface area contributed by atoms with Gasteiger partial charge in [0, 0.05) is 26.4 Å². The summed E-state index contributed by atoms with van der Waals surface area (Å²) in [5.74, 6) is -0.194. The topological polar surface area (TPSA) is 63.5 Å². The Morgan fingerprint density at radius 3 is 3.10 bits per heavy atom. The average Bonchev–Trinajstić information content (AvgIpc) is 3.12. The molecule has 0 aliphatic carbocycles. The van der Waals surface area contributed by atoms with Crippen molar-refractivity contribution in [3.63, 3.8) is 0 Å². The summed E-state index contributed by atoms with van der Waals surface area (Å²) in [6.07, 6.45) is 1.16. The van der Waals surface area contributed by atoms with Crippen molar-refractivity contribution >= 4 is 17.2 Å². The van der Waals surface area contributed by atoms with Crippen molar-refractivity contribution in [1.82, 2.24) is 9.88 Å². The summed E-state index contributed by atoms with van der Waals surface area (Å²) in [6, 6.07) is 5.42. The minimum absolute atomic E-state index is 0.194. The van der Waals surface area contributed by atoms with Crippen LogP contribution < -0.4 is 5.32 Å². The first kappa shape index (κ1) is 14.8. The summed E-state index contributed by atoms with van der Waals surface area (Å²) in [4.78, 5) is 12.1. The van der Waals surface area contributed by atoms with Gasteiger partial charge in [-0.25, -0.2) is 0 Å². The van der Waals surface area contributed by atoms with Gasteiger partial charge >= 0.3 is 0 Å². The number of hydrogen-bond donors (Lipinski definition) is 2. The number of amides is 1. The van der Waals surface area contributed by atoms with Crippen molar-refractivity contribution in [2.45, 2.75) is 12.6 Å². The Hall–Kier alpha value is -1.63. The number of nitrogens with zero attached hydrogens (tertiary/aromatic N) is 1. The highest BCUT2D eigenvalue weighted by molar-refractivity contribution is 7.07. The molecule has 0 aromatic carbocycles. The molecule has 2 aromatic rings. The number of rotatable bonds is 7. The van der Waals surface area contributed by atoms with Gasteiger partial charge in [-0.15, -0.1) is 0 Å². The predicted octanol–water partition coefficient (Wildman–Crippen LogP) is 1.66. The van der Waals surface area contributed by atoms with Crippen LogP contribution in [0.1, 0.15) is 22.2 Å². The van der Waals surface area contributed by atoms with E-state index in [0.29, 0.717) is 18.8 Å². The van der Waals surface area contributed by atoms with Gasteiger partial charge in [0.25, 0.3) is 5.91 Å². The van der Waals surface area contributed by atoms with Crippen molar-refractivity contribution < 1.29 is 14.6 Å². The third-order valence-electron chi connectivity index (χ3n) is 2.98. The molecule has 2 aromatic heterocycles. The lowest BCUT2D eigenvalue weighted by atomic mass is 10.2. The standard InChI is InChI=1S/C14H18N2O3S/c1-19-7-6-16-5-2-3-12(16)14(18)15-9-13(17)11-4-8-20-10-11/h2-5,8,10,13,17H,6-7,9H2,1H3,(H,15,18). The zero-order valence-electron chi connectivity index (χ0n) is 11.3. The minimum atomic E-state index is -0.674. The predicted molar refractivity (Wildman–Crippen MR) is 77.9 cm³/mol. The number of nitrogens with one attached hydrogen (secondary N) is 1. The Kier molecular flexibility index (Phi) is 5.34. The number of methoxy groups -OCH3 is 1. The Morgan fingerprint density at radius 2 is 2.40 bits per heavy atom. The van der Waals surface area contributed by atoms with Gasteiger partial charge in [-0.1, -0.05) is 0 Å². The molecule has 1 unspecified atom stereocenters. The number of hydrogen-bond acceptors (Lipinski definition) is 4. The van der Waals surface area contributed by atoms with Crippen molar-refractivity contribution in [3.05, 3.63) is 46.4 Å². The lowest BCUT2D eigenvalue weighted by Crippen LogP contribution is -2.30. The fourth-order valence-corrected chi connectivity index (χ4v) is 2.57.